The van der Waals surface area contributed by atoms with Crippen LogP contribution in [0.1, 0.15) is 43.4 Å². The molecule has 1 unspecified atom stereocenters. The Morgan fingerprint density at radius 2 is 2.06 bits per heavy atom. The topological polar surface area (TPSA) is 63.6 Å². The van der Waals surface area contributed by atoms with Crippen molar-refractivity contribution in [2.45, 2.75) is 39.2 Å². The van der Waals surface area contributed by atoms with E-state index in [1.807, 2.05) is 7.05 Å². The summed E-state index contributed by atoms with van der Waals surface area (Å²) in [5.74, 6) is 0. The zero-order valence-electron chi connectivity index (χ0n) is 10.8. The van der Waals surface area contributed by atoms with E-state index in [9.17, 15) is 0 Å². The van der Waals surface area contributed by atoms with Gasteiger partial charge >= 0.3 is 0 Å². The summed E-state index contributed by atoms with van der Waals surface area (Å²) in [7, 11) is 1.95. The van der Waals surface area contributed by atoms with Crippen LogP contribution < -0.4 is 5.32 Å². The Labute approximate surface area is 115 Å². The van der Waals surface area contributed by atoms with Gasteiger partial charge in [0, 0.05) is 0 Å². The van der Waals surface area contributed by atoms with E-state index in [0.29, 0.717) is 0 Å². The number of hydrogen-bond donors (Lipinski definition) is 1. The summed E-state index contributed by atoms with van der Waals surface area (Å²) >= 11 is 3.04. The Morgan fingerprint density at radius 1 is 1.22 bits per heavy atom. The molecule has 1 N–H and O–H groups in total. The van der Waals surface area contributed by atoms with Crippen LogP contribution in [0.5, 0.6) is 0 Å². The molecule has 5 nitrogen and oxygen atoms in total. The number of rotatable bonds is 6. The summed E-state index contributed by atoms with van der Waals surface area (Å²) in [6.45, 7) is 4.28. The smallest absolute Gasteiger partial charge is 0.161 e. The van der Waals surface area contributed by atoms with Crippen LogP contribution in [0.4, 0.5) is 0 Å². The molecule has 0 aliphatic rings. The first-order valence-corrected chi connectivity index (χ1v) is 7.71. The lowest BCUT2D eigenvalue weighted by molar-refractivity contribution is 0.568. The van der Waals surface area contributed by atoms with E-state index in [0.717, 1.165) is 39.8 Å². The molecule has 18 heavy (non-hydrogen) atoms. The fraction of sp³-hybridized carbons (Fsp3) is 0.636. The first-order chi connectivity index (χ1) is 8.80. The molecule has 98 valence electrons. The molecule has 7 heteroatoms. The number of aromatic nitrogens is 4. The molecule has 0 aromatic carbocycles. The number of nitrogens with zero attached hydrogens (tertiary/aromatic N) is 4. The summed E-state index contributed by atoms with van der Waals surface area (Å²) in [5, 5.41) is 17.9. The van der Waals surface area contributed by atoms with E-state index < -0.39 is 0 Å². The van der Waals surface area contributed by atoms with E-state index in [2.05, 4.69) is 38.9 Å². The third-order valence-corrected chi connectivity index (χ3v) is 4.69. The lowest BCUT2D eigenvalue weighted by Gasteiger charge is -2.07. The molecular formula is C11H17N5S2. The van der Waals surface area contributed by atoms with Crippen molar-refractivity contribution >= 4 is 22.9 Å². The monoisotopic (exact) mass is 283 g/mol. The SMILES string of the molecule is CCCc1nnsc1-c1nnc(C(CC)NC)s1. The number of nitrogens with one attached hydrogen (secondary N) is 1. The Hall–Kier alpha value is -0.920. The molecular weight excluding hydrogens is 266 g/mol. The molecule has 2 aromatic heterocycles. The van der Waals surface area contributed by atoms with E-state index in [-0.39, 0.29) is 6.04 Å². The standard InChI is InChI=1S/C11H17N5S2/c1-4-6-8-9(18-16-13-8)11-15-14-10(17-11)7(5-2)12-3/h7,12H,4-6H2,1-3H3. The molecule has 0 saturated carbocycles. The predicted molar refractivity (Wildman–Crippen MR) is 74.9 cm³/mol. The molecule has 0 bridgehead atoms. The summed E-state index contributed by atoms with van der Waals surface area (Å²) < 4.78 is 4.03. The molecule has 0 fully saturated rings. The van der Waals surface area contributed by atoms with Gasteiger partial charge in [-0.25, -0.2) is 0 Å². The van der Waals surface area contributed by atoms with Crippen LogP contribution >= 0.6 is 22.9 Å². The van der Waals surface area contributed by atoms with Crippen LogP contribution in [0.15, 0.2) is 0 Å². The molecule has 0 spiro atoms. The van der Waals surface area contributed by atoms with Crippen molar-refractivity contribution in [2.24, 2.45) is 0 Å². The van der Waals surface area contributed by atoms with Crippen molar-refractivity contribution < 1.29 is 0 Å². The highest BCUT2D eigenvalue weighted by Gasteiger charge is 2.18. The van der Waals surface area contributed by atoms with E-state index in [1.165, 1.54) is 11.5 Å². The largest absolute Gasteiger partial charge is 0.311 e. The fourth-order valence-electron chi connectivity index (χ4n) is 1.74. The maximum absolute atomic E-state index is 4.28. The van der Waals surface area contributed by atoms with E-state index in [4.69, 9.17) is 0 Å². The van der Waals surface area contributed by atoms with Gasteiger partial charge < -0.3 is 5.32 Å². The Bertz CT molecular complexity index is 489. The molecule has 0 radical (unpaired) electrons. The van der Waals surface area contributed by atoms with Gasteiger partial charge in [-0.1, -0.05) is 36.1 Å². The van der Waals surface area contributed by atoms with Crippen LogP contribution in [-0.2, 0) is 6.42 Å². The van der Waals surface area contributed by atoms with Gasteiger partial charge in [0.25, 0.3) is 0 Å². The average molecular weight is 283 g/mol. The minimum atomic E-state index is 0.284. The molecule has 2 aromatic rings. The summed E-state index contributed by atoms with van der Waals surface area (Å²) in [6.07, 6.45) is 3.02. The second-order valence-electron chi connectivity index (χ2n) is 3.99. The quantitative estimate of drug-likeness (QED) is 0.883. The summed E-state index contributed by atoms with van der Waals surface area (Å²) in [4.78, 5) is 1.08. The van der Waals surface area contributed by atoms with Crippen LogP contribution in [0.3, 0.4) is 0 Å². The molecule has 0 aliphatic carbocycles. The molecule has 2 heterocycles. The van der Waals surface area contributed by atoms with Crippen LogP contribution in [0.2, 0.25) is 0 Å². The van der Waals surface area contributed by atoms with Gasteiger partial charge in [-0.05, 0) is 31.4 Å². The summed E-state index contributed by atoms with van der Waals surface area (Å²) in [6, 6.07) is 0.284. The maximum atomic E-state index is 4.28. The minimum absolute atomic E-state index is 0.284. The van der Waals surface area contributed by atoms with Crippen molar-refractivity contribution in [3.05, 3.63) is 10.7 Å². The van der Waals surface area contributed by atoms with Gasteiger partial charge in [-0.15, -0.1) is 15.3 Å². The van der Waals surface area contributed by atoms with Gasteiger partial charge in [-0.3, -0.25) is 0 Å². The van der Waals surface area contributed by atoms with Crippen molar-refractivity contribution in [2.75, 3.05) is 7.05 Å². The zero-order chi connectivity index (χ0) is 13.0. The number of hydrogen-bond acceptors (Lipinski definition) is 7. The average Bonchev–Trinajstić information content (AvgIpc) is 3.00. The van der Waals surface area contributed by atoms with Crippen molar-refractivity contribution in [1.82, 2.24) is 25.1 Å². The van der Waals surface area contributed by atoms with Gasteiger partial charge in [-0.2, -0.15) is 0 Å². The maximum Gasteiger partial charge on any atom is 0.161 e. The zero-order valence-corrected chi connectivity index (χ0v) is 12.4. The van der Waals surface area contributed by atoms with Crippen LogP contribution in [-0.4, -0.2) is 26.8 Å². The molecule has 0 aliphatic heterocycles. The van der Waals surface area contributed by atoms with Gasteiger partial charge in [0.2, 0.25) is 0 Å². The van der Waals surface area contributed by atoms with Crippen molar-refractivity contribution in [3.8, 4) is 9.88 Å². The van der Waals surface area contributed by atoms with E-state index >= 15 is 0 Å². The van der Waals surface area contributed by atoms with Crippen LogP contribution in [0, 0.1) is 0 Å². The van der Waals surface area contributed by atoms with Crippen LogP contribution in [0.25, 0.3) is 9.88 Å². The lowest BCUT2D eigenvalue weighted by atomic mass is 10.2. The van der Waals surface area contributed by atoms with E-state index in [1.54, 1.807) is 11.3 Å². The predicted octanol–water partition coefficient (Wildman–Crippen LogP) is 2.68. The fourth-order valence-corrected chi connectivity index (χ4v) is 3.56. The highest BCUT2D eigenvalue weighted by Crippen LogP contribution is 2.32. The molecule has 2 rings (SSSR count). The van der Waals surface area contributed by atoms with Gasteiger partial charge in [0.1, 0.15) is 9.88 Å². The normalized spacial score (nSPS) is 12.8. The lowest BCUT2D eigenvalue weighted by Crippen LogP contribution is -2.14. The third-order valence-electron chi connectivity index (χ3n) is 2.73. The second-order valence-corrected chi connectivity index (χ2v) is 5.76. The molecule has 0 amide bonds. The first kappa shape index (κ1) is 13.5. The number of aryl methyl sites for hydroxylation is 1. The Kier molecular flexibility index (Phi) is 4.73. The third kappa shape index (κ3) is 2.73. The van der Waals surface area contributed by atoms with Gasteiger partial charge in [0.15, 0.2) is 5.01 Å². The Balaban J connectivity index is 2.26. The van der Waals surface area contributed by atoms with Crippen molar-refractivity contribution in [3.63, 3.8) is 0 Å². The molecule has 0 saturated heterocycles. The Morgan fingerprint density at radius 3 is 2.72 bits per heavy atom. The summed E-state index contributed by atoms with van der Waals surface area (Å²) in [5.41, 5.74) is 1.04. The van der Waals surface area contributed by atoms with Crippen molar-refractivity contribution in [1.29, 1.82) is 0 Å². The van der Waals surface area contributed by atoms with Gasteiger partial charge in [0.05, 0.1) is 11.7 Å². The highest BCUT2D eigenvalue weighted by atomic mass is 32.1. The molecule has 1 atom stereocenters. The second kappa shape index (κ2) is 6.31. The minimum Gasteiger partial charge on any atom is -0.311 e. The first-order valence-electron chi connectivity index (χ1n) is 6.12. The highest BCUT2D eigenvalue weighted by molar-refractivity contribution is 7.19.